The Hall–Kier alpha value is -1.69. The molecule has 0 bridgehead atoms. The van der Waals surface area contributed by atoms with Crippen LogP contribution in [0.4, 0.5) is 5.69 Å². The van der Waals surface area contributed by atoms with Gasteiger partial charge in [0.2, 0.25) is 5.91 Å². The van der Waals surface area contributed by atoms with Crippen LogP contribution in [0.5, 0.6) is 5.75 Å². The van der Waals surface area contributed by atoms with Crippen molar-refractivity contribution in [3.63, 3.8) is 0 Å². The molecule has 104 valence electrons. The fourth-order valence-electron chi connectivity index (χ4n) is 1.41. The van der Waals surface area contributed by atoms with Crippen molar-refractivity contribution in [3.8, 4) is 5.75 Å². The number of para-hydroxylation sites is 2. The molecule has 2 atom stereocenters. The molecule has 0 fully saturated rings. The highest BCUT2D eigenvalue weighted by Crippen LogP contribution is 2.25. The lowest BCUT2D eigenvalue weighted by Gasteiger charge is -2.15. The molecule has 0 spiro atoms. The van der Waals surface area contributed by atoms with Crippen LogP contribution in [0.25, 0.3) is 0 Å². The first-order valence-electron chi connectivity index (χ1n) is 5.78. The Kier molecular flexibility index (Phi) is 5.69. The third kappa shape index (κ3) is 4.48. The minimum absolute atomic E-state index is 0.248. The predicted molar refractivity (Wildman–Crippen MR) is 75.8 cm³/mol. The summed E-state index contributed by atoms with van der Waals surface area (Å²) in [5.41, 5.74) is 0.574. The number of ether oxygens (including phenoxy) is 1. The van der Waals surface area contributed by atoms with Crippen LogP contribution in [0.2, 0.25) is 0 Å². The Balaban J connectivity index is 2.66. The van der Waals surface area contributed by atoms with E-state index < -0.39 is 16.5 Å². The van der Waals surface area contributed by atoms with Crippen molar-refractivity contribution in [1.29, 1.82) is 0 Å². The molecule has 19 heavy (non-hydrogen) atoms. The van der Waals surface area contributed by atoms with Crippen molar-refractivity contribution in [2.24, 2.45) is 0 Å². The van der Waals surface area contributed by atoms with Crippen LogP contribution in [-0.4, -0.2) is 34.6 Å². The SMILES string of the molecule is COc1ccccc1NC(=O)C(C)SC(C)C(=O)O. The second kappa shape index (κ2) is 7.04. The number of benzene rings is 1. The van der Waals surface area contributed by atoms with Crippen LogP contribution < -0.4 is 10.1 Å². The molecule has 0 aliphatic heterocycles. The minimum Gasteiger partial charge on any atom is -0.495 e. The number of amides is 1. The average molecular weight is 283 g/mol. The molecule has 0 aliphatic carbocycles. The number of carbonyl (C=O) groups excluding carboxylic acids is 1. The average Bonchev–Trinajstić information content (AvgIpc) is 2.38. The number of carboxylic acid groups (broad SMARTS) is 1. The van der Waals surface area contributed by atoms with Crippen molar-refractivity contribution < 1.29 is 19.4 Å². The molecule has 5 nitrogen and oxygen atoms in total. The number of hydrogen-bond acceptors (Lipinski definition) is 4. The van der Waals surface area contributed by atoms with Gasteiger partial charge in [0.1, 0.15) is 11.0 Å². The summed E-state index contributed by atoms with van der Waals surface area (Å²) in [7, 11) is 1.52. The summed E-state index contributed by atoms with van der Waals surface area (Å²) in [6.07, 6.45) is 0. The smallest absolute Gasteiger partial charge is 0.316 e. The third-order valence-corrected chi connectivity index (χ3v) is 3.72. The fourth-order valence-corrected chi connectivity index (χ4v) is 2.32. The molecule has 1 rings (SSSR count). The van der Waals surface area contributed by atoms with Crippen LogP contribution in [0.3, 0.4) is 0 Å². The number of aliphatic carboxylic acids is 1. The van der Waals surface area contributed by atoms with Crippen molar-refractivity contribution >= 4 is 29.3 Å². The molecule has 0 aliphatic rings. The topological polar surface area (TPSA) is 75.6 Å². The van der Waals surface area contributed by atoms with Gasteiger partial charge in [-0.15, -0.1) is 11.8 Å². The summed E-state index contributed by atoms with van der Waals surface area (Å²) >= 11 is 1.10. The maximum absolute atomic E-state index is 12.0. The molecule has 6 heteroatoms. The number of hydrogen-bond donors (Lipinski definition) is 2. The number of anilines is 1. The molecule has 1 amide bonds. The van der Waals surface area contributed by atoms with Gasteiger partial charge < -0.3 is 15.2 Å². The van der Waals surface area contributed by atoms with E-state index in [0.29, 0.717) is 11.4 Å². The fraction of sp³-hybridized carbons (Fsp3) is 0.385. The zero-order valence-corrected chi connectivity index (χ0v) is 11.9. The van der Waals surface area contributed by atoms with E-state index in [1.54, 1.807) is 38.1 Å². The van der Waals surface area contributed by atoms with Crippen LogP contribution in [-0.2, 0) is 9.59 Å². The minimum atomic E-state index is -0.929. The molecule has 2 N–H and O–H groups in total. The van der Waals surface area contributed by atoms with E-state index in [2.05, 4.69) is 5.32 Å². The summed E-state index contributed by atoms with van der Waals surface area (Å²) in [6.45, 7) is 3.23. The second-order valence-corrected chi connectivity index (χ2v) is 5.63. The second-order valence-electron chi connectivity index (χ2n) is 3.95. The maximum Gasteiger partial charge on any atom is 0.316 e. The monoisotopic (exact) mass is 283 g/mol. The highest BCUT2D eigenvalue weighted by Gasteiger charge is 2.21. The number of thioether (sulfide) groups is 1. The normalized spacial score (nSPS) is 13.4. The van der Waals surface area contributed by atoms with E-state index in [1.165, 1.54) is 7.11 Å². The predicted octanol–water partition coefficient (Wildman–Crippen LogP) is 2.23. The maximum atomic E-state index is 12.0. The van der Waals surface area contributed by atoms with Gasteiger partial charge in [0.05, 0.1) is 18.0 Å². The quantitative estimate of drug-likeness (QED) is 0.837. The van der Waals surface area contributed by atoms with Gasteiger partial charge in [0.15, 0.2) is 0 Å². The molecule has 0 saturated heterocycles. The molecule has 2 unspecified atom stereocenters. The summed E-state index contributed by atoms with van der Waals surface area (Å²) in [4.78, 5) is 22.7. The van der Waals surface area contributed by atoms with Gasteiger partial charge in [-0.25, -0.2) is 0 Å². The Morgan fingerprint density at radius 3 is 2.47 bits per heavy atom. The van der Waals surface area contributed by atoms with Crippen LogP contribution in [0, 0.1) is 0 Å². The molecule has 0 heterocycles. The molecule has 1 aromatic carbocycles. The van der Waals surface area contributed by atoms with Crippen LogP contribution in [0.1, 0.15) is 13.8 Å². The molecular formula is C13H17NO4S. The molecule has 0 aromatic heterocycles. The first kappa shape index (κ1) is 15.4. The number of rotatable bonds is 6. The number of carboxylic acids is 1. The summed E-state index contributed by atoms with van der Waals surface area (Å²) in [6, 6.07) is 7.07. The van der Waals surface area contributed by atoms with E-state index in [1.807, 2.05) is 0 Å². The summed E-state index contributed by atoms with van der Waals surface area (Å²) in [5, 5.41) is 10.5. The Bertz CT molecular complexity index is 464. The van der Waals surface area contributed by atoms with Crippen molar-refractivity contribution in [2.45, 2.75) is 24.3 Å². The molecule has 1 aromatic rings. The zero-order chi connectivity index (χ0) is 14.4. The Labute approximate surface area is 116 Å². The summed E-state index contributed by atoms with van der Waals surface area (Å²) in [5.74, 6) is -0.608. The zero-order valence-electron chi connectivity index (χ0n) is 11.0. The van der Waals surface area contributed by atoms with Gasteiger partial charge >= 0.3 is 5.97 Å². The van der Waals surface area contributed by atoms with Crippen LogP contribution in [0.15, 0.2) is 24.3 Å². The number of nitrogens with one attached hydrogen (secondary N) is 1. The molecule has 0 saturated carbocycles. The highest BCUT2D eigenvalue weighted by molar-refractivity contribution is 8.01. The van der Waals surface area contributed by atoms with Gasteiger partial charge in [-0.2, -0.15) is 0 Å². The highest BCUT2D eigenvalue weighted by atomic mass is 32.2. The third-order valence-electron chi connectivity index (χ3n) is 2.49. The molecule has 0 radical (unpaired) electrons. The van der Waals surface area contributed by atoms with Crippen molar-refractivity contribution in [2.75, 3.05) is 12.4 Å². The first-order valence-corrected chi connectivity index (χ1v) is 6.72. The van der Waals surface area contributed by atoms with Crippen molar-refractivity contribution in [3.05, 3.63) is 24.3 Å². The van der Waals surface area contributed by atoms with Crippen LogP contribution >= 0.6 is 11.8 Å². The van der Waals surface area contributed by atoms with Gasteiger partial charge in [-0.05, 0) is 26.0 Å². The molecular weight excluding hydrogens is 266 g/mol. The lowest BCUT2D eigenvalue weighted by molar-refractivity contribution is -0.136. The van der Waals surface area contributed by atoms with E-state index in [9.17, 15) is 9.59 Å². The van der Waals surface area contributed by atoms with Gasteiger partial charge in [-0.1, -0.05) is 12.1 Å². The van der Waals surface area contributed by atoms with E-state index in [0.717, 1.165) is 11.8 Å². The largest absolute Gasteiger partial charge is 0.495 e. The lowest BCUT2D eigenvalue weighted by atomic mass is 10.3. The van der Waals surface area contributed by atoms with E-state index >= 15 is 0 Å². The van der Waals surface area contributed by atoms with Gasteiger partial charge in [0, 0.05) is 0 Å². The number of methoxy groups -OCH3 is 1. The van der Waals surface area contributed by atoms with E-state index in [4.69, 9.17) is 9.84 Å². The lowest BCUT2D eigenvalue weighted by Crippen LogP contribution is -2.26. The Morgan fingerprint density at radius 2 is 1.89 bits per heavy atom. The van der Waals surface area contributed by atoms with Crippen molar-refractivity contribution in [1.82, 2.24) is 0 Å². The Morgan fingerprint density at radius 1 is 1.26 bits per heavy atom. The first-order chi connectivity index (χ1) is 8.95. The van der Waals surface area contributed by atoms with Gasteiger partial charge in [-0.3, -0.25) is 9.59 Å². The van der Waals surface area contributed by atoms with Gasteiger partial charge in [0.25, 0.3) is 0 Å². The van der Waals surface area contributed by atoms with E-state index in [-0.39, 0.29) is 5.91 Å². The summed E-state index contributed by atoms with van der Waals surface area (Å²) < 4.78 is 5.13. The standard InChI is InChI=1S/C13H17NO4S/c1-8(19-9(2)13(16)17)12(15)14-10-6-4-5-7-11(10)18-3/h4-9H,1-3H3,(H,14,15)(H,16,17). The number of carbonyl (C=O) groups is 2.